The third kappa shape index (κ3) is 3.32. The lowest BCUT2D eigenvalue weighted by atomic mass is 9.94. The summed E-state index contributed by atoms with van der Waals surface area (Å²) in [4.78, 5) is 16.0. The van der Waals surface area contributed by atoms with Crippen LogP contribution >= 0.6 is 11.6 Å². The van der Waals surface area contributed by atoms with Crippen molar-refractivity contribution in [1.82, 2.24) is 10.3 Å². The Morgan fingerprint density at radius 1 is 1.11 bits per heavy atom. The van der Waals surface area contributed by atoms with E-state index >= 15 is 0 Å². The van der Waals surface area contributed by atoms with Gasteiger partial charge in [0.05, 0.1) is 5.54 Å². The molecule has 0 spiro atoms. The molecule has 1 heterocycles. The number of halogens is 1. The Morgan fingerprint density at radius 2 is 1.68 bits per heavy atom. The van der Waals surface area contributed by atoms with Gasteiger partial charge in [0.1, 0.15) is 0 Å². The third-order valence-corrected chi connectivity index (χ3v) is 3.19. The van der Waals surface area contributed by atoms with E-state index in [2.05, 4.69) is 10.3 Å². The van der Waals surface area contributed by atoms with Gasteiger partial charge in [0.25, 0.3) is 5.91 Å². The quantitative estimate of drug-likeness (QED) is 0.932. The third-order valence-electron chi connectivity index (χ3n) is 2.93. The van der Waals surface area contributed by atoms with Gasteiger partial charge in [0.15, 0.2) is 0 Å². The van der Waals surface area contributed by atoms with Crippen LogP contribution in [-0.4, -0.2) is 10.9 Å². The highest BCUT2D eigenvalue weighted by atomic mass is 35.5. The average Bonchev–Trinajstić information content (AvgIpc) is 2.40. The van der Waals surface area contributed by atoms with Crippen LogP contribution in [0, 0.1) is 0 Å². The molecule has 0 saturated carbocycles. The summed E-state index contributed by atoms with van der Waals surface area (Å²) in [5.41, 5.74) is 1.13. The van der Waals surface area contributed by atoms with Gasteiger partial charge in [-0.25, -0.2) is 0 Å². The summed E-state index contributed by atoms with van der Waals surface area (Å²) in [6.07, 6.45) is 3.20. The molecular formula is C15H15ClN2O. The average molecular weight is 275 g/mol. The van der Waals surface area contributed by atoms with Crippen molar-refractivity contribution in [2.24, 2.45) is 0 Å². The van der Waals surface area contributed by atoms with Crippen molar-refractivity contribution in [2.75, 3.05) is 0 Å². The maximum absolute atomic E-state index is 12.1. The Hall–Kier alpha value is -1.87. The number of hydrogen-bond acceptors (Lipinski definition) is 2. The second-order valence-electron chi connectivity index (χ2n) is 4.82. The molecular weight excluding hydrogens is 260 g/mol. The molecule has 4 heteroatoms. The van der Waals surface area contributed by atoms with E-state index in [1.807, 2.05) is 38.1 Å². The van der Waals surface area contributed by atoms with Crippen LogP contribution in [0.3, 0.4) is 0 Å². The van der Waals surface area contributed by atoms with Gasteiger partial charge in [-0.05, 0) is 43.7 Å². The number of benzene rings is 1. The molecule has 2 rings (SSSR count). The Morgan fingerprint density at radius 3 is 2.26 bits per heavy atom. The molecule has 0 fully saturated rings. The SMILES string of the molecule is CC(C)(NC(=O)c1ccncc1)c1ccc(Cl)cc1. The largest absolute Gasteiger partial charge is 0.343 e. The van der Waals surface area contributed by atoms with Crippen molar-refractivity contribution in [1.29, 1.82) is 0 Å². The topological polar surface area (TPSA) is 42.0 Å². The van der Waals surface area contributed by atoms with E-state index in [4.69, 9.17) is 11.6 Å². The molecule has 0 unspecified atom stereocenters. The van der Waals surface area contributed by atoms with E-state index in [1.165, 1.54) is 0 Å². The van der Waals surface area contributed by atoms with Crippen LogP contribution in [0.2, 0.25) is 5.02 Å². The molecule has 0 saturated heterocycles. The number of aromatic nitrogens is 1. The number of rotatable bonds is 3. The van der Waals surface area contributed by atoms with Gasteiger partial charge in [0, 0.05) is 23.0 Å². The van der Waals surface area contributed by atoms with Crippen molar-refractivity contribution in [2.45, 2.75) is 19.4 Å². The van der Waals surface area contributed by atoms with Gasteiger partial charge in [0.2, 0.25) is 0 Å². The lowest BCUT2D eigenvalue weighted by Gasteiger charge is -2.27. The van der Waals surface area contributed by atoms with Crippen molar-refractivity contribution in [3.63, 3.8) is 0 Å². The van der Waals surface area contributed by atoms with Crippen molar-refractivity contribution in [3.05, 3.63) is 64.9 Å². The van der Waals surface area contributed by atoms with Crippen molar-refractivity contribution >= 4 is 17.5 Å². The van der Waals surface area contributed by atoms with Crippen LogP contribution in [0.4, 0.5) is 0 Å². The minimum atomic E-state index is -0.467. The van der Waals surface area contributed by atoms with Crippen LogP contribution in [0.15, 0.2) is 48.8 Å². The first kappa shape index (κ1) is 13.6. The molecule has 3 nitrogen and oxygen atoms in total. The molecule has 1 amide bonds. The zero-order valence-corrected chi connectivity index (χ0v) is 11.6. The van der Waals surface area contributed by atoms with Crippen LogP contribution < -0.4 is 5.32 Å². The number of amides is 1. The van der Waals surface area contributed by atoms with Gasteiger partial charge in [-0.3, -0.25) is 9.78 Å². The number of carbonyl (C=O) groups excluding carboxylic acids is 1. The summed E-state index contributed by atoms with van der Waals surface area (Å²) >= 11 is 5.87. The molecule has 0 aliphatic carbocycles. The van der Waals surface area contributed by atoms with Gasteiger partial charge in [-0.15, -0.1) is 0 Å². The first-order chi connectivity index (χ1) is 8.99. The lowest BCUT2D eigenvalue weighted by molar-refractivity contribution is 0.0912. The molecule has 0 aliphatic rings. The van der Waals surface area contributed by atoms with Crippen LogP contribution in [0.5, 0.6) is 0 Å². The van der Waals surface area contributed by atoms with Gasteiger partial charge in [-0.1, -0.05) is 23.7 Å². The molecule has 1 aromatic heterocycles. The Labute approximate surface area is 117 Å². The minimum Gasteiger partial charge on any atom is -0.343 e. The Kier molecular flexibility index (Phi) is 3.86. The standard InChI is InChI=1S/C15H15ClN2O/c1-15(2,12-3-5-13(16)6-4-12)18-14(19)11-7-9-17-10-8-11/h3-10H,1-2H3,(H,18,19). The summed E-state index contributed by atoms with van der Waals surface area (Å²) in [6, 6.07) is 10.8. The van der Waals surface area contributed by atoms with Crippen molar-refractivity contribution in [3.8, 4) is 0 Å². The van der Waals surface area contributed by atoms with E-state index < -0.39 is 5.54 Å². The van der Waals surface area contributed by atoms with Gasteiger partial charge in [-0.2, -0.15) is 0 Å². The number of nitrogens with zero attached hydrogens (tertiary/aromatic N) is 1. The first-order valence-corrected chi connectivity index (χ1v) is 6.35. The predicted octanol–water partition coefficient (Wildman–Crippen LogP) is 3.40. The zero-order chi connectivity index (χ0) is 13.9. The zero-order valence-electron chi connectivity index (χ0n) is 10.9. The molecule has 0 bridgehead atoms. The summed E-state index contributed by atoms with van der Waals surface area (Å²) < 4.78 is 0. The molecule has 0 radical (unpaired) electrons. The molecule has 19 heavy (non-hydrogen) atoms. The highest BCUT2D eigenvalue weighted by Crippen LogP contribution is 2.22. The maximum Gasteiger partial charge on any atom is 0.252 e. The molecule has 2 aromatic rings. The molecule has 0 atom stereocenters. The van der Waals surface area contributed by atoms with Gasteiger partial charge < -0.3 is 5.32 Å². The fraction of sp³-hybridized carbons (Fsp3) is 0.200. The lowest BCUT2D eigenvalue weighted by Crippen LogP contribution is -2.40. The molecule has 1 aromatic carbocycles. The molecule has 0 aliphatic heterocycles. The van der Waals surface area contributed by atoms with E-state index in [-0.39, 0.29) is 5.91 Å². The van der Waals surface area contributed by atoms with Crippen LogP contribution in [-0.2, 0) is 5.54 Å². The Balaban J connectivity index is 2.17. The normalized spacial score (nSPS) is 11.1. The van der Waals surface area contributed by atoms with Crippen LogP contribution in [0.25, 0.3) is 0 Å². The smallest absolute Gasteiger partial charge is 0.252 e. The van der Waals surface area contributed by atoms with Crippen LogP contribution in [0.1, 0.15) is 29.8 Å². The van der Waals surface area contributed by atoms with Gasteiger partial charge >= 0.3 is 0 Å². The second kappa shape index (κ2) is 5.41. The highest BCUT2D eigenvalue weighted by molar-refractivity contribution is 6.30. The number of hydrogen-bond donors (Lipinski definition) is 1. The number of carbonyl (C=O) groups is 1. The summed E-state index contributed by atoms with van der Waals surface area (Å²) in [5, 5.41) is 3.68. The predicted molar refractivity (Wildman–Crippen MR) is 76.2 cm³/mol. The monoisotopic (exact) mass is 274 g/mol. The second-order valence-corrected chi connectivity index (χ2v) is 5.26. The van der Waals surface area contributed by atoms with E-state index in [1.54, 1.807) is 24.5 Å². The number of nitrogens with one attached hydrogen (secondary N) is 1. The minimum absolute atomic E-state index is 0.123. The Bertz CT molecular complexity index is 564. The van der Waals surface area contributed by atoms with Crippen molar-refractivity contribution < 1.29 is 4.79 Å². The summed E-state index contributed by atoms with van der Waals surface area (Å²) in [5.74, 6) is -0.123. The number of pyridine rings is 1. The summed E-state index contributed by atoms with van der Waals surface area (Å²) in [6.45, 7) is 3.91. The fourth-order valence-corrected chi connectivity index (χ4v) is 1.92. The first-order valence-electron chi connectivity index (χ1n) is 5.97. The maximum atomic E-state index is 12.1. The fourth-order valence-electron chi connectivity index (χ4n) is 1.80. The van der Waals surface area contributed by atoms with E-state index in [9.17, 15) is 4.79 Å². The van der Waals surface area contributed by atoms with E-state index in [0.717, 1.165) is 5.56 Å². The van der Waals surface area contributed by atoms with E-state index in [0.29, 0.717) is 10.6 Å². The summed E-state index contributed by atoms with van der Waals surface area (Å²) in [7, 11) is 0. The molecule has 98 valence electrons. The highest BCUT2D eigenvalue weighted by Gasteiger charge is 2.23. The molecule has 1 N–H and O–H groups in total.